The standard InChI is InChI=1S/C14H13N3O3/c18-12-4-3-9(8-16-12)14(19)17-10-5-7-20-11-2-1-6-15-13(10)11/h1-4,6,8,10H,5,7H2,(H,16,18)(H,17,19). The Hall–Kier alpha value is -2.63. The minimum absolute atomic E-state index is 0.181. The zero-order valence-corrected chi connectivity index (χ0v) is 10.6. The smallest absolute Gasteiger partial charge is 0.253 e. The first-order valence-electron chi connectivity index (χ1n) is 6.31. The molecule has 2 aromatic rings. The van der Waals surface area contributed by atoms with Gasteiger partial charge in [0.2, 0.25) is 5.56 Å². The van der Waals surface area contributed by atoms with Crippen molar-refractivity contribution in [3.05, 3.63) is 58.3 Å². The van der Waals surface area contributed by atoms with Crippen molar-refractivity contribution in [2.24, 2.45) is 0 Å². The van der Waals surface area contributed by atoms with Gasteiger partial charge in [-0.1, -0.05) is 0 Å². The fourth-order valence-corrected chi connectivity index (χ4v) is 2.14. The molecule has 1 atom stereocenters. The summed E-state index contributed by atoms with van der Waals surface area (Å²) < 4.78 is 5.50. The van der Waals surface area contributed by atoms with Gasteiger partial charge in [0.05, 0.1) is 18.2 Å². The molecule has 3 heterocycles. The second kappa shape index (κ2) is 5.16. The van der Waals surface area contributed by atoms with E-state index in [0.29, 0.717) is 24.3 Å². The highest BCUT2D eigenvalue weighted by Crippen LogP contribution is 2.29. The Labute approximate surface area is 114 Å². The van der Waals surface area contributed by atoms with E-state index in [2.05, 4.69) is 15.3 Å². The van der Waals surface area contributed by atoms with Crippen LogP contribution in [0.1, 0.15) is 28.5 Å². The van der Waals surface area contributed by atoms with E-state index in [-0.39, 0.29) is 17.5 Å². The van der Waals surface area contributed by atoms with Gasteiger partial charge in [0.15, 0.2) is 0 Å². The number of hydrogen-bond acceptors (Lipinski definition) is 4. The Kier molecular flexibility index (Phi) is 3.20. The Morgan fingerprint density at radius 2 is 2.30 bits per heavy atom. The van der Waals surface area contributed by atoms with Gasteiger partial charge < -0.3 is 15.0 Å². The first-order valence-corrected chi connectivity index (χ1v) is 6.31. The maximum absolute atomic E-state index is 12.1. The van der Waals surface area contributed by atoms with Crippen molar-refractivity contribution in [1.82, 2.24) is 15.3 Å². The second-order valence-corrected chi connectivity index (χ2v) is 4.49. The quantitative estimate of drug-likeness (QED) is 0.854. The molecule has 1 aliphatic rings. The monoisotopic (exact) mass is 271 g/mol. The van der Waals surface area contributed by atoms with Crippen molar-refractivity contribution < 1.29 is 9.53 Å². The van der Waals surface area contributed by atoms with Gasteiger partial charge in [-0.05, 0) is 18.2 Å². The van der Waals surface area contributed by atoms with Crippen LogP contribution < -0.4 is 15.6 Å². The number of nitrogens with one attached hydrogen (secondary N) is 2. The summed E-state index contributed by atoms with van der Waals surface area (Å²) in [6, 6.07) is 6.27. The molecule has 6 nitrogen and oxygen atoms in total. The number of H-pyrrole nitrogens is 1. The number of aromatic amines is 1. The molecule has 1 amide bonds. The summed E-state index contributed by atoms with van der Waals surface area (Å²) in [5.74, 6) is 0.454. The van der Waals surface area contributed by atoms with Gasteiger partial charge in [0, 0.05) is 24.9 Å². The molecule has 1 unspecified atom stereocenters. The lowest BCUT2D eigenvalue weighted by Crippen LogP contribution is -2.33. The van der Waals surface area contributed by atoms with Gasteiger partial charge in [-0.25, -0.2) is 0 Å². The largest absolute Gasteiger partial charge is 0.491 e. The predicted octanol–water partition coefficient (Wildman–Crippen LogP) is 1.02. The third-order valence-electron chi connectivity index (χ3n) is 3.15. The van der Waals surface area contributed by atoms with Gasteiger partial charge in [-0.2, -0.15) is 0 Å². The number of carbonyl (C=O) groups excluding carboxylic acids is 1. The lowest BCUT2D eigenvalue weighted by atomic mass is 10.1. The van der Waals surface area contributed by atoms with Gasteiger partial charge in [-0.15, -0.1) is 0 Å². The van der Waals surface area contributed by atoms with Crippen molar-refractivity contribution in [2.75, 3.05) is 6.61 Å². The Morgan fingerprint density at radius 1 is 1.40 bits per heavy atom. The fraction of sp³-hybridized carbons (Fsp3) is 0.214. The van der Waals surface area contributed by atoms with Gasteiger partial charge in [0.1, 0.15) is 11.4 Å². The molecule has 0 aliphatic carbocycles. The SMILES string of the molecule is O=C(NC1CCOc2cccnc21)c1ccc(=O)[nH]c1. The minimum atomic E-state index is -0.246. The maximum Gasteiger partial charge on any atom is 0.253 e. The number of ether oxygens (including phenoxy) is 1. The molecule has 2 aromatic heterocycles. The van der Waals surface area contributed by atoms with Crippen LogP contribution >= 0.6 is 0 Å². The zero-order valence-electron chi connectivity index (χ0n) is 10.6. The van der Waals surface area contributed by atoms with Crippen molar-refractivity contribution in [2.45, 2.75) is 12.5 Å². The summed E-state index contributed by atoms with van der Waals surface area (Å²) in [5, 5.41) is 2.91. The lowest BCUT2D eigenvalue weighted by molar-refractivity contribution is 0.0922. The Bertz CT molecular complexity index is 676. The van der Waals surface area contributed by atoms with E-state index in [1.807, 2.05) is 6.07 Å². The third kappa shape index (κ3) is 2.40. The molecule has 0 saturated carbocycles. The van der Waals surface area contributed by atoms with Crippen molar-refractivity contribution in [1.29, 1.82) is 0 Å². The van der Waals surface area contributed by atoms with Crippen LogP contribution in [0, 0.1) is 0 Å². The summed E-state index contributed by atoms with van der Waals surface area (Å²) in [4.78, 5) is 29.9. The zero-order chi connectivity index (χ0) is 13.9. The molecule has 0 fully saturated rings. The van der Waals surface area contributed by atoms with E-state index in [1.165, 1.54) is 18.3 Å². The van der Waals surface area contributed by atoms with Crippen LogP contribution in [0.15, 0.2) is 41.5 Å². The van der Waals surface area contributed by atoms with Crippen LogP contribution in [0.3, 0.4) is 0 Å². The number of fused-ring (bicyclic) bond motifs is 1. The molecule has 0 aromatic carbocycles. The van der Waals surface area contributed by atoms with Crippen LogP contribution in [0.25, 0.3) is 0 Å². The van der Waals surface area contributed by atoms with E-state index in [0.717, 1.165) is 5.69 Å². The van der Waals surface area contributed by atoms with Crippen molar-refractivity contribution >= 4 is 5.91 Å². The number of hydrogen-bond donors (Lipinski definition) is 2. The average molecular weight is 271 g/mol. The van der Waals surface area contributed by atoms with Gasteiger partial charge in [0.25, 0.3) is 5.91 Å². The summed E-state index contributed by atoms with van der Waals surface area (Å²) >= 11 is 0. The predicted molar refractivity (Wildman–Crippen MR) is 71.6 cm³/mol. The van der Waals surface area contributed by atoms with Gasteiger partial charge >= 0.3 is 0 Å². The van der Waals surface area contributed by atoms with E-state index in [4.69, 9.17) is 4.74 Å². The molecule has 20 heavy (non-hydrogen) atoms. The molecule has 1 aliphatic heterocycles. The molecule has 0 radical (unpaired) electrons. The Balaban J connectivity index is 1.80. The van der Waals surface area contributed by atoms with Crippen molar-refractivity contribution in [3.63, 3.8) is 0 Å². The Morgan fingerprint density at radius 3 is 3.10 bits per heavy atom. The normalized spacial score (nSPS) is 16.9. The molecule has 6 heteroatoms. The fourth-order valence-electron chi connectivity index (χ4n) is 2.14. The van der Waals surface area contributed by atoms with E-state index in [1.54, 1.807) is 12.3 Å². The number of nitrogens with zero attached hydrogens (tertiary/aromatic N) is 1. The molecular formula is C14H13N3O3. The maximum atomic E-state index is 12.1. The molecule has 3 rings (SSSR count). The van der Waals surface area contributed by atoms with Crippen LogP contribution in [0.5, 0.6) is 5.75 Å². The number of carbonyl (C=O) groups is 1. The highest BCUT2D eigenvalue weighted by Gasteiger charge is 2.24. The van der Waals surface area contributed by atoms with E-state index < -0.39 is 0 Å². The molecule has 0 bridgehead atoms. The average Bonchev–Trinajstić information content (AvgIpc) is 2.48. The molecule has 2 N–H and O–H groups in total. The van der Waals surface area contributed by atoms with Crippen LogP contribution in [0.2, 0.25) is 0 Å². The number of pyridine rings is 2. The van der Waals surface area contributed by atoms with Crippen molar-refractivity contribution in [3.8, 4) is 5.75 Å². The first kappa shape index (κ1) is 12.4. The summed E-state index contributed by atoms with van der Waals surface area (Å²) in [6.07, 6.45) is 3.74. The topological polar surface area (TPSA) is 84.1 Å². The van der Waals surface area contributed by atoms with Crippen LogP contribution in [-0.2, 0) is 0 Å². The molecule has 0 spiro atoms. The van der Waals surface area contributed by atoms with Gasteiger partial charge in [-0.3, -0.25) is 14.6 Å². The second-order valence-electron chi connectivity index (χ2n) is 4.49. The van der Waals surface area contributed by atoms with E-state index in [9.17, 15) is 9.59 Å². The first-order chi connectivity index (χ1) is 9.74. The third-order valence-corrected chi connectivity index (χ3v) is 3.15. The summed E-state index contributed by atoms with van der Waals surface area (Å²) in [5.41, 5.74) is 0.907. The molecular weight excluding hydrogens is 258 g/mol. The summed E-state index contributed by atoms with van der Waals surface area (Å²) in [7, 11) is 0. The number of amides is 1. The number of aromatic nitrogens is 2. The number of rotatable bonds is 2. The summed E-state index contributed by atoms with van der Waals surface area (Å²) in [6.45, 7) is 0.537. The minimum Gasteiger partial charge on any atom is -0.491 e. The highest BCUT2D eigenvalue weighted by molar-refractivity contribution is 5.94. The lowest BCUT2D eigenvalue weighted by Gasteiger charge is -2.25. The highest BCUT2D eigenvalue weighted by atomic mass is 16.5. The van der Waals surface area contributed by atoms with Crippen LogP contribution in [0.4, 0.5) is 0 Å². The molecule has 0 saturated heterocycles. The van der Waals surface area contributed by atoms with Crippen LogP contribution in [-0.4, -0.2) is 22.5 Å². The van der Waals surface area contributed by atoms with E-state index >= 15 is 0 Å². The molecule has 102 valence electrons.